The summed E-state index contributed by atoms with van der Waals surface area (Å²) in [6, 6.07) is 16.6. The van der Waals surface area contributed by atoms with Crippen molar-refractivity contribution in [3.05, 3.63) is 129 Å². The number of carbonyl (C=O) groups excluding carboxylic acids is 10. The van der Waals surface area contributed by atoms with Crippen LogP contribution in [0.4, 0.5) is 52.5 Å². The second kappa shape index (κ2) is 26.3. The fourth-order valence-corrected chi connectivity index (χ4v) is 10.6. The number of cyclic esters (lactones) is 2. The fraction of sp³-hybridized carbons (Fsp3) is 0.379. The minimum Gasteiger partial charge on any atom is -0.442 e. The highest BCUT2D eigenvalue weighted by atomic mass is 19.1. The Morgan fingerprint density at radius 1 is 0.570 bits per heavy atom. The standard InChI is InChI=1S/C26H25FN6O8.C26H27FN6O6.C6H10/c1-15(34)28-12-18-13-31(26(38)41-18)16-3-5-22(21(27)11-16)29-6-8-30(9-7-29)23(35)14-32-24(36)19-4-2-17(33(39)40)10-20(19)25(32)37;1-15(34)29-12-18-13-32(26(38)39-18)17-3-5-22(21(27)11-17)30-6-8-31(9-7-30)23(35)14-33-24(36)19-4-2-16(28)10-20(19)25(33)37;1-2-4-6-5-3-1/h2-5,10-11,18H,6-9,12-14H2,1H3,(H,28,34);2-5,10-11,18H,6-9,12-14,28H2,1H3,(H,29,34);1-2H,3-6H2/t2*18-;/m00./s1. The second-order valence-electron chi connectivity index (χ2n) is 21.1. The van der Waals surface area contributed by atoms with Crippen LogP contribution in [0.2, 0.25) is 0 Å². The molecule has 0 unspecified atom stereocenters. The van der Waals surface area contributed by atoms with Crippen LogP contribution < -0.4 is 36.0 Å². The Labute approximate surface area is 491 Å². The number of hydrogen-bond donors (Lipinski definition) is 3. The Hall–Kier alpha value is -10.0. The molecular formula is C58H62F2N12O14. The number of imide groups is 2. The molecule has 452 valence electrons. The second-order valence-corrected chi connectivity index (χ2v) is 21.1. The van der Waals surface area contributed by atoms with Gasteiger partial charge in [-0.1, -0.05) is 12.2 Å². The van der Waals surface area contributed by atoms with Crippen LogP contribution >= 0.6 is 0 Å². The lowest BCUT2D eigenvalue weighted by Gasteiger charge is -2.36. The summed E-state index contributed by atoms with van der Waals surface area (Å²) in [7, 11) is 0. The Morgan fingerprint density at radius 2 is 0.977 bits per heavy atom. The number of allylic oxidation sites excluding steroid dienone is 2. The third-order valence-corrected chi connectivity index (χ3v) is 15.2. The Kier molecular flexibility index (Phi) is 18.5. The molecule has 2 atom stereocenters. The highest BCUT2D eigenvalue weighted by Gasteiger charge is 2.41. The van der Waals surface area contributed by atoms with Gasteiger partial charge >= 0.3 is 12.2 Å². The van der Waals surface area contributed by atoms with Crippen LogP contribution in [0.1, 0.15) is 81.0 Å². The number of anilines is 5. The summed E-state index contributed by atoms with van der Waals surface area (Å²) in [6.45, 7) is 4.67. The lowest BCUT2D eigenvalue weighted by atomic mass is 10.1. The zero-order valence-corrected chi connectivity index (χ0v) is 47.0. The predicted octanol–water partition coefficient (Wildman–Crippen LogP) is 4.07. The molecule has 4 N–H and O–H groups in total. The van der Waals surface area contributed by atoms with Crippen LogP contribution in [-0.4, -0.2) is 188 Å². The molecule has 4 aromatic rings. The molecule has 0 spiro atoms. The van der Waals surface area contributed by atoms with Gasteiger partial charge in [-0.15, -0.1) is 0 Å². The summed E-state index contributed by atoms with van der Waals surface area (Å²) in [5, 5.41) is 16.2. The topological polar surface area (TPSA) is 308 Å². The number of benzene rings is 4. The van der Waals surface area contributed by atoms with Crippen LogP contribution in [0.25, 0.3) is 0 Å². The zero-order valence-electron chi connectivity index (χ0n) is 47.0. The quantitative estimate of drug-likeness (QED) is 0.0559. The van der Waals surface area contributed by atoms with Crippen molar-refractivity contribution in [3.8, 4) is 0 Å². The molecule has 7 aliphatic rings. The van der Waals surface area contributed by atoms with Crippen molar-refractivity contribution >= 4 is 93.6 Å². The number of nitrogen functional groups attached to an aromatic ring is 1. The minimum atomic E-state index is -0.772. The molecule has 4 saturated heterocycles. The first-order chi connectivity index (χ1) is 41.1. The SMILES string of the molecule is C1=CCCCC1.CC(=O)NC[C@H]1CN(c2ccc(N3CCN(C(=O)CN4C(=O)c5ccc(N)cc5C4=O)CC3)c(F)c2)C(=O)O1.CC(=O)NC[C@H]1CN(c2ccc(N3CCN(C(=O)CN4C(=O)c5ccc([N+](=O)[O-])cc5C4=O)CC3)c(F)c2)C(=O)O1. The van der Waals surface area contributed by atoms with Crippen LogP contribution in [0, 0.1) is 21.7 Å². The summed E-state index contributed by atoms with van der Waals surface area (Å²) in [5.41, 5.74) is 7.28. The number of carbonyl (C=O) groups is 10. The first kappa shape index (κ1) is 60.6. The zero-order chi connectivity index (χ0) is 61.5. The summed E-state index contributed by atoms with van der Waals surface area (Å²) >= 11 is 0. The van der Waals surface area contributed by atoms with E-state index in [1.54, 1.807) is 28.0 Å². The van der Waals surface area contributed by atoms with Crippen molar-refractivity contribution in [3.63, 3.8) is 0 Å². The van der Waals surface area contributed by atoms with Crippen molar-refractivity contribution in [2.45, 2.75) is 51.7 Å². The van der Waals surface area contributed by atoms with Gasteiger partial charge in [0.05, 0.1) is 76.1 Å². The molecule has 4 fully saturated rings. The minimum absolute atomic E-state index is 0.00239. The maximum atomic E-state index is 15.1. The third kappa shape index (κ3) is 13.6. The van der Waals surface area contributed by atoms with Gasteiger partial charge in [0.1, 0.15) is 36.9 Å². The number of nitrogens with one attached hydrogen (secondary N) is 2. The number of nitro benzene ring substituents is 1. The van der Waals surface area contributed by atoms with E-state index in [0.717, 1.165) is 21.9 Å². The lowest BCUT2D eigenvalue weighted by Crippen LogP contribution is -2.52. The Morgan fingerprint density at radius 3 is 1.36 bits per heavy atom. The largest absolute Gasteiger partial charge is 0.442 e. The molecule has 86 heavy (non-hydrogen) atoms. The van der Waals surface area contributed by atoms with Crippen LogP contribution in [0.3, 0.4) is 0 Å². The van der Waals surface area contributed by atoms with Gasteiger partial charge in [-0.05, 0) is 86.3 Å². The van der Waals surface area contributed by atoms with Crippen molar-refractivity contribution in [1.82, 2.24) is 30.2 Å². The van der Waals surface area contributed by atoms with Gasteiger partial charge in [0.15, 0.2) is 0 Å². The number of fused-ring (bicyclic) bond motifs is 2. The van der Waals surface area contributed by atoms with Crippen LogP contribution in [0.5, 0.6) is 0 Å². The van der Waals surface area contributed by atoms with Gasteiger partial charge in [-0.3, -0.25) is 68.1 Å². The molecule has 1 aliphatic carbocycles. The number of nitrogens with zero attached hydrogens (tertiary/aromatic N) is 9. The van der Waals surface area contributed by atoms with E-state index in [-0.39, 0.29) is 123 Å². The number of hydrogen-bond acceptors (Lipinski definition) is 17. The van der Waals surface area contributed by atoms with Crippen molar-refractivity contribution < 1.29 is 71.1 Å². The molecule has 0 saturated carbocycles. The third-order valence-electron chi connectivity index (χ3n) is 15.2. The molecule has 28 heteroatoms. The first-order valence-electron chi connectivity index (χ1n) is 27.8. The number of nitrogens with two attached hydrogens (primary N) is 1. The molecule has 0 bridgehead atoms. The number of nitro groups is 1. The molecule has 0 aromatic heterocycles. The van der Waals surface area contributed by atoms with E-state index in [0.29, 0.717) is 35.8 Å². The molecule has 0 radical (unpaired) electrons. The molecule has 6 aliphatic heterocycles. The number of piperazine rings is 2. The lowest BCUT2D eigenvalue weighted by molar-refractivity contribution is -0.384. The van der Waals surface area contributed by atoms with Gasteiger partial charge < -0.3 is 45.4 Å². The summed E-state index contributed by atoms with van der Waals surface area (Å²) in [4.78, 5) is 144. The van der Waals surface area contributed by atoms with Gasteiger partial charge in [-0.2, -0.15) is 0 Å². The number of amides is 10. The highest BCUT2D eigenvalue weighted by molar-refractivity contribution is 6.23. The van der Waals surface area contributed by atoms with E-state index in [1.165, 1.54) is 102 Å². The maximum Gasteiger partial charge on any atom is 0.414 e. The van der Waals surface area contributed by atoms with Gasteiger partial charge in [0.25, 0.3) is 29.3 Å². The number of halogens is 2. The van der Waals surface area contributed by atoms with Gasteiger partial charge in [0.2, 0.25) is 23.6 Å². The highest BCUT2D eigenvalue weighted by Crippen LogP contribution is 2.32. The molecule has 4 aromatic carbocycles. The van der Waals surface area contributed by atoms with E-state index in [2.05, 4.69) is 22.8 Å². The monoisotopic (exact) mass is 1190 g/mol. The molecule has 26 nitrogen and oxygen atoms in total. The normalized spacial score (nSPS) is 18.9. The van der Waals surface area contributed by atoms with E-state index >= 15 is 8.78 Å². The Bertz CT molecular complexity index is 3430. The van der Waals surface area contributed by atoms with Gasteiger partial charge in [-0.25, -0.2) is 18.4 Å². The van der Waals surface area contributed by atoms with E-state index in [1.807, 2.05) is 0 Å². The molecular weight excluding hydrogens is 1130 g/mol. The van der Waals surface area contributed by atoms with Crippen molar-refractivity contribution in [1.29, 1.82) is 0 Å². The van der Waals surface area contributed by atoms with Gasteiger partial charge in [0, 0.05) is 84.0 Å². The van der Waals surface area contributed by atoms with E-state index < -0.39 is 77.0 Å². The van der Waals surface area contributed by atoms with Crippen LogP contribution in [-0.2, 0) is 28.7 Å². The average molecular weight is 1190 g/mol. The fourth-order valence-electron chi connectivity index (χ4n) is 10.6. The van der Waals surface area contributed by atoms with E-state index in [4.69, 9.17) is 15.2 Å². The molecule has 10 amide bonds. The summed E-state index contributed by atoms with van der Waals surface area (Å²) in [6.07, 6.45) is 7.65. The first-order valence-corrected chi connectivity index (χ1v) is 27.8. The van der Waals surface area contributed by atoms with Crippen LogP contribution in [0.15, 0.2) is 84.9 Å². The number of ether oxygens (including phenoxy) is 2. The van der Waals surface area contributed by atoms with Crippen molar-refractivity contribution in [2.75, 3.05) is 117 Å². The average Bonchev–Trinajstić information content (AvgIpc) is 2.98. The number of rotatable bonds is 13. The molecule has 11 rings (SSSR count). The number of non-ortho nitro benzene ring substituents is 1. The predicted molar refractivity (Wildman–Crippen MR) is 305 cm³/mol. The van der Waals surface area contributed by atoms with E-state index in [9.17, 15) is 58.1 Å². The molecule has 6 heterocycles. The maximum absolute atomic E-state index is 15.1. The van der Waals surface area contributed by atoms with Crippen molar-refractivity contribution in [2.24, 2.45) is 0 Å². The smallest absolute Gasteiger partial charge is 0.414 e. The Balaban J connectivity index is 0.000000187. The summed E-state index contributed by atoms with van der Waals surface area (Å²) in [5.74, 6) is -5.02. The summed E-state index contributed by atoms with van der Waals surface area (Å²) < 4.78 is 40.7.